The van der Waals surface area contributed by atoms with E-state index < -0.39 is 18.1 Å². The van der Waals surface area contributed by atoms with E-state index in [0.29, 0.717) is 47.5 Å². The van der Waals surface area contributed by atoms with Crippen LogP contribution in [-0.4, -0.2) is 40.1 Å². The van der Waals surface area contributed by atoms with Gasteiger partial charge >= 0.3 is 6.09 Å². The Bertz CT molecular complexity index is 1840. The van der Waals surface area contributed by atoms with Crippen molar-refractivity contribution in [2.24, 2.45) is 0 Å². The van der Waals surface area contributed by atoms with Gasteiger partial charge in [-0.05, 0) is 53.8 Å². The molecule has 0 saturated carbocycles. The van der Waals surface area contributed by atoms with Crippen LogP contribution in [0.2, 0.25) is 0 Å². The highest BCUT2D eigenvalue weighted by Gasteiger charge is 2.40. The number of aryl methyl sites for hydroxylation is 1. The number of methoxy groups -OCH3 is 1. The summed E-state index contributed by atoms with van der Waals surface area (Å²) in [5, 5.41) is 0. The fraction of sp³-hybridized carbons (Fsp3) is 0.167. The van der Waals surface area contributed by atoms with Gasteiger partial charge in [-0.25, -0.2) is 19.7 Å². The molecule has 232 valence electrons. The molecule has 10 nitrogen and oxygen atoms in total. The first-order valence-corrected chi connectivity index (χ1v) is 14.7. The topological polar surface area (TPSA) is 117 Å². The number of rotatable bonds is 13. The van der Waals surface area contributed by atoms with Crippen molar-refractivity contribution in [3.8, 4) is 11.5 Å². The molecule has 5 aromatic rings. The lowest BCUT2D eigenvalue weighted by atomic mass is 10.1. The highest BCUT2D eigenvalue weighted by Crippen LogP contribution is 2.30. The molecule has 1 unspecified atom stereocenters. The van der Waals surface area contributed by atoms with E-state index in [1.54, 1.807) is 31.6 Å². The lowest BCUT2D eigenvalue weighted by Gasteiger charge is -2.12. The number of oxazole rings is 2. The summed E-state index contributed by atoms with van der Waals surface area (Å²) >= 11 is 0. The van der Waals surface area contributed by atoms with Gasteiger partial charge in [-0.2, -0.15) is 0 Å². The van der Waals surface area contributed by atoms with Gasteiger partial charge in [0.15, 0.2) is 17.6 Å². The Labute approximate surface area is 265 Å². The number of hydrogen-bond donors (Lipinski definition) is 0. The van der Waals surface area contributed by atoms with E-state index >= 15 is 0 Å². The summed E-state index contributed by atoms with van der Waals surface area (Å²) in [5.41, 5.74) is 3.99. The maximum atomic E-state index is 13.1. The maximum absolute atomic E-state index is 13.1. The van der Waals surface area contributed by atoms with Crippen LogP contribution < -0.4 is 9.47 Å². The molecule has 1 fully saturated rings. The number of aromatic nitrogens is 2. The summed E-state index contributed by atoms with van der Waals surface area (Å²) in [6.45, 7) is 0.130. The van der Waals surface area contributed by atoms with Crippen LogP contribution in [0.5, 0.6) is 11.5 Å². The minimum absolute atomic E-state index is 0.0385. The first-order chi connectivity index (χ1) is 22.5. The molecule has 1 saturated heterocycles. The smallest absolute Gasteiger partial charge is 0.417 e. The summed E-state index contributed by atoms with van der Waals surface area (Å²) < 4.78 is 27.9. The Morgan fingerprint density at radius 1 is 0.783 bits per heavy atom. The number of cyclic esters (lactones) is 1. The predicted molar refractivity (Wildman–Crippen MR) is 170 cm³/mol. The number of imide groups is 1. The van der Waals surface area contributed by atoms with Crippen molar-refractivity contribution >= 4 is 36.3 Å². The second-order valence-corrected chi connectivity index (χ2v) is 10.5. The highest BCUT2D eigenvalue weighted by molar-refractivity contribution is 5.99. The average Bonchev–Trinajstić information content (AvgIpc) is 3.82. The first kappa shape index (κ1) is 30.1. The van der Waals surface area contributed by atoms with Crippen molar-refractivity contribution in [1.82, 2.24) is 14.9 Å². The lowest BCUT2D eigenvalue weighted by Crippen LogP contribution is -2.31. The van der Waals surface area contributed by atoms with Gasteiger partial charge in [0, 0.05) is 12.2 Å². The molecule has 3 heterocycles. The predicted octanol–water partition coefficient (Wildman–Crippen LogP) is 7.07. The van der Waals surface area contributed by atoms with Crippen LogP contribution in [0.15, 0.2) is 100 Å². The molecule has 0 aliphatic carbocycles. The molecular formula is C36H31N3O7. The number of amides is 2. The van der Waals surface area contributed by atoms with Gasteiger partial charge in [0.05, 0.1) is 19.3 Å². The Hall–Kier alpha value is -5.90. The van der Waals surface area contributed by atoms with Gasteiger partial charge in [0.25, 0.3) is 5.91 Å². The molecule has 46 heavy (non-hydrogen) atoms. The second kappa shape index (κ2) is 14.3. The Kier molecular flexibility index (Phi) is 9.34. The van der Waals surface area contributed by atoms with Crippen LogP contribution in [-0.2, 0) is 29.1 Å². The van der Waals surface area contributed by atoms with Crippen LogP contribution in [0.3, 0.4) is 0 Å². The van der Waals surface area contributed by atoms with Crippen molar-refractivity contribution in [2.45, 2.75) is 32.1 Å². The van der Waals surface area contributed by atoms with Gasteiger partial charge in [-0.1, -0.05) is 66.7 Å². The summed E-state index contributed by atoms with van der Waals surface area (Å²) in [4.78, 5) is 35.5. The van der Waals surface area contributed by atoms with Crippen molar-refractivity contribution < 1.29 is 32.6 Å². The molecule has 0 bridgehead atoms. The van der Waals surface area contributed by atoms with E-state index in [1.165, 1.54) is 6.26 Å². The van der Waals surface area contributed by atoms with Crippen molar-refractivity contribution in [2.75, 3.05) is 7.11 Å². The van der Waals surface area contributed by atoms with Crippen LogP contribution >= 0.6 is 0 Å². The third-order valence-electron chi connectivity index (χ3n) is 7.20. The van der Waals surface area contributed by atoms with E-state index in [2.05, 4.69) is 9.97 Å². The molecular weight excluding hydrogens is 586 g/mol. The summed E-state index contributed by atoms with van der Waals surface area (Å²) in [6, 6.07) is 25.1. The van der Waals surface area contributed by atoms with Gasteiger partial charge in [-0.15, -0.1) is 0 Å². The molecule has 10 heteroatoms. The van der Waals surface area contributed by atoms with E-state index in [-0.39, 0.29) is 13.2 Å². The number of benzene rings is 3. The zero-order valence-electron chi connectivity index (χ0n) is 25.1. The second-order valence-electron chi connectivity index (χ2n) is 10.5. The van der Waals surface area contributed by atoms with Crippen LogP contribution in [0.25, 0.3) is 24.3 Å². The summed E-state index contributed by atoms with van der Waals surface area (Å²) in [5.74, 6) is 1.50. The molecule has 0 N–H and O–H groups in total. The van der Waals surface area contributed by atoms with Crippen LogP contribution in [0.1, 0.15) is 46.3 Å². The molecule has 1 aliphatic rings. The Morgan fingerprint density at radius 2 is 1.41 bits per heavy atom. The minimum atomic E-state index is -0.902. The number of carbonyl (C=O) groups excluding carboxylic acids is 2. The first-order valence-electron chi connectivity index (χ1n) is 14.7. The summed E-state index contributed by atoms with van der Waals surface area (Å²) in [6.07, 6.45) is 9.46. The van der Waals surface area contributed by atoms with E-state index in [0.717, 1.165) is 21.6 Å². The number of carbonyl (C=O) groups is 2. The highest BCUT2D eigenvalue weighted by atomic mass is 16.6. The van der Waals surface area contributed by atoms with Gasteiger partial charge < -0.3 is 23.0 Å². The molecule has 0 radical (unpaired) electrons. The fourth-order valence-electron chi connectivity index (χ4n) is 4.83. The third-order valence-corrected chi connectivity index (χ3v) is 7.20. The SMILES string of the molecule is COc1ccc(CCC2OC(=O)N(Cc3coc(/C=C/c4ccccc4)n3)C2=O)cc1OCc1coc(/C=C/c2ccccc2)n1. The van der Waals surface area contributed by atoms with E-state index in [1.807, 2.05) is 84.9 Å². The van der Waals surface area contributed by atoms with Gasteiger partial charge in [-0.3, -0.25) is 4.79 Å². The van der Waals surface area contributed by atoms with Crippen molar-refractivity contribution in [3.05, 3.63) is 131 Å². The Balaban J connectivity index is 1.02. The summed E-state index contributed by atoms with van der Waals surface area (Å²) in [7, 11) is 1.56. The molecule has 3 aromatic carbocycles. The standard InChI is InChI=1S/C36H31N3O7/c1-42-30-16-12-27(20-32(30)43-23-29-24-45-34(38-29)19-15-26-10-6-3-7-11-26)13-17-31-35(40)39(36(41)46-31)21-28-22-44-33(37-28)18-14-25-8-4-2-5-9-25/h2-12,14-16,18-20,22,24,31H,13,17,21,23H2,1H3/b18-14+,19-15+. The van der Waals surface area contributed by atoms with Gasteiger partial charge in [0.1, 0.15) is 24.8 Å². The largest absolute Gasteiger partial charge is 0.493 e. The zero-order chi connectivity index (χ0) is 31.7. The lowest BCUT2D eigenvalue weighted by molar-refractivity contribution is -0.130. The van der Waals surface area contributed by atoms with Crippen LogP contribution in [0, 0.1) is 0 Å². The van der Waals surface area contributed by atoms with Crippen LogP contribution in [0.4, 0.5) is 4.79 Å². The van der Waals surface area contributed by atoms with E-state index in [9.17, 15) is 9.59 Å². The molecule has 0 spiro atoms. The van der Waals surface area contributed by atoms with E-state index in [4.69, 9.17) is 23.0 Å². The molecule has 2 amide bonds. The third kappa shape index (κ3) is 7.59. The Morgan fingerprint density at radius 3 is 2.07 bits per heavy atom. The maximum Gasteiger partial charge on any atom is 0.417 e. The molecule has 1 atom stereocenters. The number of nitrogens with zero attached hydrogens (tertiary/aromatic N) is 3. The monoisotopic (exact) mass is 617 g/mol. The normalized spacial score (nSPS) is 14.8. The quantitative estimate of drug-likeness (QED) is 0.137. The molecule has 1 aliphatic heterocycles. The average molecular weight is 618 g/mol. The molecule has 2 aromatic heterocycles. The van der Waals surface area contributed by atoms with Crippen molar-refractivity contribution in [3.63, 3.8) is 0 Å². The minimum Gasteiger partial charge on any atom is -0.493 e. The number of ether oxygens (including phenoxy) is 3. The van der Waals surface area contributed by atoms with Crippen molar-refractivity contribution in [1.29, 1.82) is 0 Å². The zero-order valence-corrected chi connectivity index (χ0v) is 25.1. The fourth-order valence-corrected chi connectivity index (χ4v) is 4.83. The molecule has 6 rings (SSSR count). The van der Waals surface area contributed by atoms with Gasteiger partial charge in [0.2, 0.25) is 11.8 Å². The number of hydrogen-bond acceptors (Lipinski definition) is 9.